The van der Waals surface area contributed by atoms with Crippen LogP contribution in [0.15, 0.2) is 27.6 Å². The number of rotatable bonds is 2. The van der Waals surface area contributed by atoms with Gasteiger partial charge in [-0.3, -0.25) is 0 Å². The predicted octanol–water partition coefficient (Wildman–Crippen LogP) is 4.95. The smallest absolute Gasteiger partial charge is 0.0453 e. The summed E-state index contributed by atoms with van der Waals surface area (Å²) in [7, 11) is 0. The van der Waals surface area contributed by atoms with Crippen LogP contribution in [0.5, 0.6) is 0 Å². The Kier molecular flexibility index (Phi) is 4.42. The molecular formula is C14H20BrNS. The molecule has 1 aromatic rings. The van der Waals surface area contributed by atoms with Gasteiger partial charge in [-0.25, -0.2) is 0 Å². The van der Waals surface area contributed by atoms with Gasteiger partial charge < -0.3 is 5.73 Å². The predicted molar refractivity (Wildman–Crippen MR) is 80.4 cm³/mol. The maximum absolute atomic E-state index is 6.03. The minimum atomic E-state index is 0.734. The summed E-state index contributed by atoms with van der Waals surface area (Å²) in [6, 6.07) is 6.13. The van der Waals surface area contributed by atoms with Crippen molar-refractivity contribution >= 4 is 33.4 Å². The Bertz CT molecular complexity index is 394. The zero-order chi connectivity index (χ0) is 12.4. The van der Waals surface area contributed by atoms with E-state index < -0.39 is 0 Å². The van der Waals surface area contributed by atoms with Crippen LogP contribution in [0.1, 0.15) is 33.1 Å². The van der Waals surface area contributed by atoms with E-state index in [0.717, 1.165) is 27.2 Å². The minimum Gasteiger partial charge on any atom is -0.398 e. The second-order valence-electron chi connectivity index (χ2n) is 5.19. The molecule has 1 aromatic carbocycles. The van der Waals surface area contributed by atoms with Crippen LogP contribution in [-0.4, -0.2) is 5.25 Å². The zero-order valence-electron chi connectivity index (χ0n) is 10.4. The van der Waals surface area contributed by atoms with E-state index in [4.69, 9.17) is 5.73 Å². The maximum Gasteiger partial charge on any atom is 0.0453 e. The molecule has 0 radical (unpaired) electrons. The fraction of sp³-hybridized carbons (Fsp3) is 0.571. The number of halogens is 1. The van der Waals surface area contributed by atoms with Gasteiger partial charge in [0.05, 0.1) is 0 Å². The zero-order valence-corrected chi connectivity index (χ0v) is 12.9. The first-order chi connectivity index (χ1) is 8.06. The molecule has 0 bridgehead atoms. The first-order valence-electron chi connectivity index (χ1n) is 6.28. The van der Waals surface area contributed by atoms with Crippen molar-refractivity contribution in [2.75, 3.05) is 5.73 Å². The van der Waals surface area contributed by atoms with Crippen LogP contribution in [0, 0.1) is 11.8 Å². The number of anilines is 1. The normalized spacial score (nSPS) is 29.2. The van der Waals surface area contributed by atoms with Crippen molar-refractivity contribution in [2.24, 2.45) is 11.8 Å². The molecule has 0 saturated heterocycles. The molecule has 3 heteroatoms. The van der Waals surface area contributed by atoms with Gasteiger partial charge >= 0.3 is 0 Å². The van der Waals surface area contributed by atoms with E-state index in [1.54, 1.807) is 0 Å². The average Bonchev–Trinajstić information content (AvgIpc) is 2.29. The third-order valence-corrected chi connectivity index (χ3v) is 5.68. The summed E-state index contributed by atoms with van der Waals surface area (Å²) >= 11 is 5.47. The molecule has 1 saturated carbocycles. The van der Waals surface area contributed by atoms with E-state index in [1.807, 2.05) is 23.9 Å². The average molecular weight is 314 g/mol. The first kappa shape index (κ1) is 13.3. The van der Waals surface area contributed by atoms with Crippen LogP contribution >= 0.6 is 27.7 Å². The Labute approximate surface area is 117 Å². The highest BCUT2D eigenvalue weighted by atomic mass is 79.9. The number of thioether (sulfide) groups is 1. The molecule has 94 valence electrons. The topological polar surface area (TPSA) is 26.0 Å². The molecule has 17 heavy (non-hydrogen) atoms. The van der Waals surface area contributed by atoms with Gasteiger partial charge in [0.15, 0.2) is 0 Å². The van der Waals surface area contributed by atoms with Gasteiger partial charge in [0.2, 0.25) is 0 Å². The lowest BCUT2D eigenvalue weighted by Crippen LogP contribution is -2.22. The molecule has 0 aliphatic heterocycles. The highest BCUT2D eigenvalue weighted by Gasteiger charge is 2.25. The van der Waals surface area contributed by atoms with E-state index in [9.17, 15) is 0 Å². The molecule has 1 fully saturated rings. The monoisotopic (exact) mass is 313 g/mol. The lowest BCUT2D eigenvalue weighted by molar-refractivity contribution is 0.283. The second-order valence-corrected chi connectivity index (χ2v) is 7.45. The Morgan fingerprint density at radius 3 is 2.71 bits per heavy atom. The molecule has 0 amide bonds. The van der Waals surface area contributed by atoms with Gasteiger partial charge in [0.25, 0.3) is 0 Å². The molecule has 1 aliphatic rings. The van der Waals surface area contributed by atoms with Crippen molar-refractivity contribution in [1.29, 1.82) is 0 Å². The summed E-state index contributed by atoms with van der Waals surface area (Å²) in [5.41, 5.74) is 6.93. The van der Waals surface area contributed by atoms with Crippen molar-refractivity contribution < 1.29 is 0 Å². The Balaban J connectivity index is 2.03. The Morgan fingerprint density at radius 2 is 2.00 bits per heavy atom. The summed E-state index contributed by atoms with van der Waals surface area (Å²) in [6.45, 7) is 4.75. The summed E-state index contributed by atoms with van der Waals surface area (Å²) in [6.07, 6.45) is 3.99. The first-order valence-corrected chi connectivity index (χ1v) is 7.95. The van der Waals surface area contributed by atoms with E-state index >= 15 is 0 Å². The summed E-state index contributed by atoms with van der Waals surface area (Å²) in [5.74, 6) is 1.72. The molecule has 1 aliphatic carbocycles. The number of hydrogen-bond acceptors (Lipinski definition) is 2. The van der Waals surface area contributed by atoms with Gasteiger partial charge in [0, 0.05) is 20.3 Å². The van der Waals surface area contributed by atoms with Crippen LogP contribution < -0.4 is 5.73 Å². The lowest BCUT2D eigenvalue weighted by atomic mass is 9.81. The summed E-state index contributed by atoms with van der Waals surface area (Å²) < 4.78 is 1.12. The molecule has 1 nitrogen and oxygen atoms in total. The van der Waals surface area contributed by atoms with Crippen molar-refractivity contribution in [3.8, 4) is 0 Å². The third-order valence-electron chi connectivity index (χ3n) is 3.82. The van der Waals surface area contributed by atoms with Crippen molar-refractivity contribution in [3.63, 3.8) is 0 Å². The lowest BCUT2D eigenvalue weighted by Gasteiger charge is -2.31. The van der Waals surface area contributed by atoms with E-state index in [-0.39, 0.29) is 0 Å². The molecule has 0 aromatic heterocycles. The van der Waals surface area contributed by atoms with Gasteiger partial charge in [-0.05, 0) is 49.3 Å². The van der Waals surface area contributed by atoms with Crippen LogP contribution in [0.4, 0.5) is 5.69 Å². The van der Waals surface area contributed by atoms with Crippen LogP contribution in [0.25, 0.3) is 0 Å². The molecular weight excluding hydrogens is 294 g/mol. The number of hydrogen-bond donors (Lipinski definition) is 1. The van der Waals surface area contributed by atoms with Crippen molar-refractivity contribution in [3.05, 3.63) is 22.7 Å². The van der Waals surface area contributed by atoms with Crippen LogP contribution in [0.3, 0.4) is 0 Å². The van der Waals surface area contributed by atoms with Crippen molar-refractivity contribution in [1.82, 2.24) is 0 Å². The molecule has 3 atom stereocenters. The molecule has 2 rings (SSSR count). The number of nitrogen functional groups attached to an aromatic ring is 1. The van der Waals surface area contributed by atoms with E-state index in [1.165, 1.54) is 24.2 Å². The van der Waals surface area contributed by atoms with Gasteiger partial charge in [0.1, 0.15) is 0 Å². The van der Waals surface area contributed by atoms with Crippen LogP contribution in [0.2, 0.25) is 0 Å². The fourth-order valence-electron chi connectivity index (χ4n) is 2.39. The summed E-state index contributed by atoms with van der Waals surface area (Å²) in [5, 5.41) is 0.734. The highest BCUT2D eigenvalue weighted by Crippen LogP contribution is 2.40. The second kappa shape index (κ2) is 5.66. The fourth-order valence-corrected chi connectivity index (χ4v) is 4.32. The van der Waals surface area contributed by atoms with Crippen LogP contribution in [-0.2, 0) is 0 Å². The SMILES string of the molecule is CC1CCC(Sc2cc(Br)ccc2N)CC1C. The summed E-state index contributed by atoms with van der Waals surface area (Å²) in [4.78, 5) is 1.23. The standard InChI is InChI=1S/C14H20BrNS/c1-9-3-5-12(7-10(9)2)17-14-8-11(15)4-6-13(14)16/h4,6,8-10,12H,3,5,7,16H2,1-2H3. The third kappa shape index (κ3) is 3.41. The van der Waals surface area contributed by atoms with Crippen molar-refractivity contribution in [2.45, 2.75) is 43.3 Å². The molecule has 2 N–H and O–H groups in total. The van der Waals surface area contributed by atoms with Gasteiger partial charge in [-0.1, -0.05) is 29.8 Å². The largest absolute Gasteiger partial charge is 0.398 e. The van der Waals surface area contributed by atoms with E-state index in [0.29, 0.717) is 0 Å². The van der Waals surface area contributed by atoms with Gasteiger partial charge in [-0.15, -0.1) is 11.8 Å². The number of benzene rings is 1. The minimum absolute atomic E-state index is 0.734. The van der Waals surface area contributed by atoms with E-state index in [2.05, 4.69) is 35.8 Å². The molecule has 0 heterocycles. The Morgan fingerprint density at radius 1 is 1.24 bits per heavy atom. The maximum atomic E-state index is 6.03. The number of nitrogens with two attached hydrogens (primary N) is 1. The van der Waals surface area contributed by atoms with Gasteiger partial charge in [-0.2, -0.15) is 0 Å². The Hall–Kier alpha value is -0.150. The molecule has 3 unspecified atom stereocenters. The quantitative estimate of drug-likeness (QED) is 0.782. The highest BCUT2D eigenvalue weighted by molar-refractivity contribution is 9.10. The molecule has 0 spiro atoms.